The number of benzene rings is 1. The van der Waals surface area contributed by atoms with Gasteiger partial charge in [-0.25, -0.2) is 4.79 Å². The first-order valence-electron chi connectivity index (χ1n) is 4.25. The van der Waals surface area contributed by atoms with Gasteiger partial charge >= 0.3 is 5.97 Å². The van der Waals surface area contributed by atoms with Gasteiger partial charge in [0, 0.05) is 0 Å². The molecule has 0 radical (unpaired) electrons. The molecule has 1 aromatic carbocycles. The van der Waals surface area contributed by atoms with Gasteiger partial charge < -0.3 is 9.84 Å². The van der Waals surface area contributed by atoms with E-state index in [4.69, 9.17) is 5.11 Å². The SMILES string of the molecule is COC(=O)c1ccccc1CC=CO. The van der Waals surface area contributed by atoms with Crippen molar-refractivity contribution in [2.24, 2.45) is 0 Å². The van der Waals surface area contributed by atoms with Gasteiger partial charge in [0.05, 0.1) is 18.9 Å². The van der Waals surface area contributed by atoms with E-state index in [0.717, 1.165) is 11.8 Å². The highest BCUT2D eigenvalue weighted by Crippen LogP contribution is 2.11. The number of hydrogen-bond donors (Lipinski definition) is 1. The molecular weight excluding hydrogens is 180 g/mol. The number of aliphatic hydroxyl groups is 1. The fourth-order valence-electron chi connectivity index (χ4n) is 1.19. The lowest BCUT2D eigenvalue weighted by atomic mass is 10.0. The standard InChI is InChI=1S/C11H12O3/c1-14-11(13)10-7-3-2-5-9(10)6-4-8-12/h2-5,7-8,12H,6H2,1H3. The molecule has 1 N–H and O–H groups in total. The molecule has 0 amide bonds. The number of esters is 1. The predicted molar refractivity (Wildman–Crippen MR) is 53.3 cm³/mol. The molecule has 0 aliphatic heterocycles. The minimum absolute atomic E-state index is 0.355. The second-order valence-corrected chi connectivity index (χ2v) is 2.74. The van der Waals surface area contributed by atoms with Crippen molar-refractivity contribution in [3.63, 3.8) is 0 Å². The van der Waals surface area contributed by atoms with Gasteiger partial charge in [0.15, 0.2) is 0 Å². The van der Waals surface area contributed by atoms with Gasteiger partial charge in [0.2, 0.25) is 0 Å². The van der Waals surface area contributed by atoms with Gasteiger partial charge in [-0.2, -0.15) is 0 Å². The number of aliphatic hydroxyl groups excluding tert-OH is 1. The fraction of sp³-hybridized carbons (Fsp3) is 0.182. The summed E-state index contributed by atoms with van der Waals surface area (Å²) >= 11 is 0. The van der Waals surface area contributed by atoms with Crippen molar-refractivity contribution < 1.29 is 14.6 Å². The normalized spacial score (nSPS) is 10.4. The number of rotatable bonds is 3. The maximum absolute atomic E-state index is 11.3. The van der Waals surface area contributed by atoms with Crippen molar-refractivity contribution in [1.29, 1.82) is 0 Å². The van der Waals surface area contributed by atoms with Crippen LogP contribution in [0.25, 0.3) is 0 Å². The summed E-state index contributed by atoms with van der Waals surface area (Å²) in [6, 6.07) is 7.14. The van der Waals surface area contributed by atoms with Crippen LogP contribution in [0, 0.1) is 0 Å². The van der Waals surface area contributed by atoms with Crippen LogP contribution in [0.15, 0.2) is 36.6 Å². The summed E-state index contributed by atoms with van der Waals surface area (Å²) in [7, 11) is 1.35. The monoisotopic (exact) mass is 192 g/mol. The van der Waals surface area contributed by atoms with Gasteiger partial charge in [0.1, 0.15) is 0 Å². The molecule has 0 fully saturated rings. The van der Waals surface area contributed by atoms with Crippen LogP contribution in [0.3, 0.4) is 0 Å². The molecule has 14 heavy (non-hydrogen) atoms. The maximum atomic E-state index is 11.3. The third-order valence-electron chi connectivity index (χ3n) is 1.87. The van der Waals surface area contributed by atoms with Gasteiger partial charge in [-0.15, -0.1) is 0 Å². The number of ether oxygens (including phenoxy) is 1. The van der Waals surface area contributed by atoms with Crippen LogP contribution in [0.2, 0.25) is 0 Å². The second kappa shape index (κ2) is 5.07. The topological polar surface area (TPSA) is 46.5 Å². The van der Waals surface area contributed by atoms with Crippen LogP contribution >= 0.6 is 0 Å². The molecule has 0 bridgehead atoms. The van der Waals surface area contributed by atoms with Crippen LogP contribution in [0.5, 0.6) is 0 Å². The summed E-state index contributed by atoms with van der Waals surface area (Å²) in [5.41, 5.74) is 1.37. The zero-order valence-electron chi connectivity index (χ0n) is 7.93. The number of allylic oxidation sites excluding steroid dienone is 1. The molecule has 3 heteroatoms. The molecule has 3 nitrogen and oxygen atoms in total. The lowest BCUT2D eigenvalue weighted by Gasteiger charge is -2.04. The molecule has 0 aliphatic carbocycles. The molecular formula is C11H12O3. The summed E-state index contributed by atoms with van der Waals surface area (Å²) < 4.78 is 4.63. The number of carbonyl (C=O) groups excluding carboxylic acids is 1. The maximum Gasteiger partial charge on any atom is 0.338 e. The van der Waals surface area contributed by atoms with Crippen molar-refractivity contribution in [3.05, 3.63) is 47.7 Å². The molecule has 1 aromatic rings. The predicted octanol–water partition coefficient (Wildman–Crippen LogP) is 2.09. The number of hydrogen-bond acceptors (Lipinski definition) is 3. The highest BCUT2D eigenvalue weighted by Gasteiger charge is 2.08. The largest absolute Gasteiger partial charge is 0.516 e. The van der Waals surface area contributed by atoms with E-state index < -0.39 is 0 Å². The Kier molecular flexibility index (Phi) is 3.73. The molecule has 0 saturated heterocycles. The first-order valence-corrected chi connectivity index (χ1v) is 4.25. The van der Waals surface area contributed by atoms with Gasteiger partial charge in [-0.1, -0.05) is 18.2 Å². The molecule has 1 rings (SSSR count). The van der Waals surface area contributed by atoms with E-state index >= 15 is 0 Å². The molecule has 0 atom stereocenters. The van der Waals surface area contributed by atoms with Gasteiger partial charge in [-0.3, -0.25) is 0 Å². The quantitative estimate of drug-likeness (QED) is 0.589. The molecule has 0 aromatic heterocycles. The second-order valence-electron chi connectivity index (χ2n) is 2.74. The minimum atomic E-state index is -0.355. The number of carbonyl (C=O) groups is 1. The third-order valence-corrected chi connectivity index (χ3v) is 1.87. The first kappa shape index (κ1) is 10.3. The Bertz CT molecular complexity index is 342. The van der Waals surface area contributed by atoms with Crippen molar-refractivity contribution in [3.8, 4) is 0 Å². The van der Waals surface area contributed by atoms with Crippen LogP contribution in [-0.2, 0) is 11.2 Å². The van der Waals surface area contributed by atoms with Crippen molar-refractivity contribution in [1.82, 2.24) is 0 Å². The highest BCUT2D eigenvalue weighted by molar-refractivity contribution is 5.91. The lowest BCUT2D eigenvalue weighted by Crippen LogP contribution is -2.04. The summed E-state index contributed by atoms with van der Waals surface area (Å²) in [6.45, 7) is 0. The Morgan fingerprint density at radius 2 is 2.21 bits per heavy atom. The smallest absolute Gasteiger partial charge is 0.338 e. The first-order chi connectivity index (χ1) is 6.79. The van der Waals surface area contributed by atoms with Gasteiger partial charge in [-0.05, 0) is 24.1 Å². The van der Waals surface area contributed by atoms with E-state index in [2.05, 4.69) is 4.74 Å². The summed E-state index contributed by atoms with van der Waals surface area (Å²) in [4.78, 5) is 11.3. The Morgan fingerprint density at radius 1 is 1.50 bits per heavy atom. The van der Waals surface area contributed by atoms with Crippen LogP contribution in [-0.4, -0.2) is 18.2 Å². The van der Waals surface area contributed by atoms with E-state index in [9.17, 15) is 4.79 Å². The van der Waals surface area contributed by atoms with Gasteiger partial charge in [0.25, 0.3) is 0 Å². The average Bonchev–Trinajstić information content (AvgIpc) is 2.25. The highest BCUT2D eigenvalue weighted by atomic mass is 16.5. The average molecular weight is 192 g/mol. The molecule has 74 valence electrons. The number of methoxy groups -OCH3 is 1. The summed E-state index contributed by atoms with van der Waals surface area (Å²) in [5.74, 6) is -0.355. The Morgan fingerprint density at radius 3 is 2.86 bits per heavy atom. The van der Waals surface area contributed by atoms with E-state index in [-0.39, 0.29) is 5.97 Å². The van der Waals surface area contributed by atoms with E-state index in [1.807, 2.05) is 12.1 Å². The lowest BCUT2D eigenvalue weighted by molar-refractivity contribution is 0.0599. The molecule has 0 saturated carbocycles. The zero-order valence-corrected chi connectivity index (χ0v) is 7.93. The minimum Gasteiger partial charge on any atom is -0.516 e. The Balaban J connectivity index is 2.96. The molecule has 0 aliphatic rings. The van der Waals surface area contributed by atoms with E-state index in [1.54, 1.807) is 18.2 Å². The molecule has 0 spiro atoms. The van der Waals surface area contributed by atoms with Crippen molar-refractivity contribution >= 4 is 5.97 Å². The third kappa shape index (κ3) is 2.36. The van der Waals surface area contributed by atoms with Crippen LogP contribution in [0.1, 0.15) is 15.9 Å². The van der Waals surface area contributed by atoms with Crippen LogP contribution in [0.4, 0.5) is 0 Å². The van der Waals surface area contributed by atoms with Crippen molar-refractivity contribution in [2.45, 2.75) is 6.42 Å². The molecule has 0 heterocycles. The van der Waals surface area contributed by atoms with E-state index in [1.165, 1.54) is 7.11 Å². The fourth-order valence-corrected chi connectivity index (χ4v) is 1.19. The van der Waals surface area contributed by atoms with E-state index in [0.29, 0.717) is 12.0 Å². The van der Waals surface area contributed by atoms with Crippen molar-refractivity contribution in [2.75, 3.05) is 7.11 Å². The van der Waals surface area contributed by atoms with Crippen LogP contribution < -0.4 is 0 Å². The summed E-state index contributed by atoms with van der Waals surface area (Å²) in [5, 5.41) is 8.52. The zero-order chi connectivity index (χ0) is 10.4. The Labute approximate surface area is 82.6 Å². The Hall–Kier alpha value is -1.77. The molecule has 0 unspecified atom stereocenters. The summed E-state index contributed by atoms with van der Waals surface area (Å²) in [6.07, 6.45) is 3.05.